The highest BCUT2D eigenvalue weighted by molar-refractivity contribution is 6.31. The molecule has 1 saturated heterocycles. The van der Waals surface area contributed by atoms with Crippen LogP contribution in [-0.4, -0.2) is 28.8 Å². The second-order valence-electron chi connectivity index (χ2n) is 6.21. The number of ketones is 1. The summed E-state index contributed by atoms with van der Waals surface area (Å²) in [6.07, 6.45) is -5.34. The number of aliphatic hydroxyl groups is 1. The molecule has 1 heterocycles. The summed E-state index contributed by atoms with van der Waals surface area (Å²) in [4.78, 5) is 25.0. The number of amides is 2. The van der Waals surface area contributed by atoms with E-state index in [2.05, 4.69) is 5.32 Å². The molecule has 0 bridgehead atoms. The van der Waals surface area contributed by atoms with Crippen molar-refractivity contribution in [3.8, 4) is 0 Å². The molecule has 2 aromatic rings. The van der Waals surface area contributed by atoms with E-state index in [1.807, 2.05) is 0 Å². The molecule has 3 rings (SSSR count). The van der Waals surface area contributed by atoms with Crippen molar-refractivity contribution in [2.75, 3.05) is 0 Å². The quantitative estimate of drug-likeness (QED) is 0.638. The van der Waals surface area contributed by atoms with Crippen molar-refractivity contribution in [2.45, 2.75) is 17.9 Å². The number of Topliss-reactive ketones (excluding diaryl/α,β-unsaturated/α-hetero) is 1. The van der Waals surface area contributed by atoms with Gasteiger partial charge in [0.1, 0.15) is 5.92 Å². The first-order valence-corrected chi connectivity index (χ1v) is 8.72. The number of rotatable bonds is 3. The number of benzene rings is 2. The number of carbonyl (C=O) groups excluding carboxylic acids is 2. The Kier molecular flexibility index (Phi) is 5.31. The van der Waals surface area contributed by atoms with Crippen LogP contribution < -0.4 is 10.6 Å². The molecule has 0 aromatic heterocycles. The molecule has 148 valence electrons. The molecule has 3 N–H and O–H groups in total. The standard InChI is InChI=1S/C18H13Cl2F3N2O3/c19-10-7-5-9(6-8-10)15(26)13-14(11-3-1-2-4-12(11)20)24-16(27)25-17(13,28)18(21,22)23/h1-8,13-14,28H,(H2,24,25,27)/t13-,14-,17+/m1/s1. The Labute approximate surface area is 167 Å². The Morgan fingerprint density at radius 1 is 1.07 bits per heavy atom. The van der Waals surface area contributed by atoms with E-state index in [0.29, 0.717) is 0 Å². The van der Waals surface area contributed by atoms with Crippen LogP contribution in [0.15, 0.2) is 48.5 Å². The average Bonchev–Trinajstić information content (AvgIpc) is 2.60. The van der Waals surface area contributed by atoms with E-state index in [-0.39, 0.29) is 21.2 Å². The minimum atomic E-state index is -5.34. The molecule has 0 unspecified atom stereocenters. The first-order chi connectivity index (χ1) is 13.0. The van der Waals surface area contributed by atoms with Crippen LogP contribution in [0.2, 0.25) is 10.0 Å². The minimum absolute atomic E-state index is 0.0353. The number of nitrogens with one attached hydrogen (secondary N) is 2. The van der Waals surface area contributed by atoms with Crippen LogP contribution in [0.3, 0.4) is 0 Å². The summed E-state index contributed by atoms with van der Waals surface area (Å²) >= 11 is 11.9. The van der Waals surface area contributed by atoms with Gasteiger partial charge in [-0.25, -0.2) is 4.79 Å². The molecule has 2 aromatic carbocycles. The molecular formula is C18H13Cl2F3N2O3. The van der Waals surface area contributed by atoms with Crippen LogP contribution in [0, 0.1) is 5.92 Å². The Balaban J connectivity index is 2.18. The SMILES string of the molecule is O=C1N[C@H](c2ccccc2Cl)[C@H](C(=O)c2ccc(Cl)cc2)[C@](O)(C(F)(F)F)N1. The van der Waals surface area contributed by atoms with Gasteiger partial charge in [-0.15, -0.1) is 0 Å². The lowest BCUT2D eigenvalue weighted by Gasteiger charge is -2.45. The summed E-state index contributed by atoms with van der Waals surface area (Å²) in [5, 5.41) is 14.5. The summed E-state index contributed by atoms with van der Waals surface area (Å²) in [6.45, 7) is 0. The molecule has 0 spiro atoms. The van der Waals surface area contributed by atoms with E-state index < -0.39 is 35.7 Å². The number of hydrogen-bond acceptors (Lipinski definition) is 3. The molecule has 10 heteroatoms. The highest BCUT2D eigenvalue weighted by atomic mass is 35.5. The lowest BCUT2D eigenvalue weighted by molar-refractivity contribution is -0.287. The molecule has 5 nitrogen and oxygen atoms in total. The number of urea groups is 1. The molecule has 3 atom stereocenters. The normalized spacial score (nSPS) is 25.0. The Morgan fingerprint density at radius 2 is 1.68 bits per heavy atom. The largest absolute Gasteiger partial charge is 0.437 e. The van der Waals surface area contributed by atoms with Crippen molar-refractivity contribution in [3.63, 3.8) is 0 Å². The number of alkyl halides is 3. The van der Waals surface area contributed by atoms with Gasteiger partial charge in [-0.05, 0) is 35.9 Å². The van der Waals surface area contributed by atoms with Crippen molar-refractivity contribution >= 4 is 35.0 Å². The van der Waals surface area contributed by atoms with Crippen LogP contribution >= 0.6 is 23.2 Å². The third-order valence-corrected chi connectivity index (χ3v) is 5.05. The van der Waals surface area contributed by atoms with Crippen molar-refractivity contribution in [2.24, 2.45) is 5.92 Å². The molecular weight excluding hydrogens is 420 g/mol. The molecule has 1 aliphatic rings. The second-order valence-corrected chi connectivity index (χ2v) is 7.05. The highest BCUT2D eigenvalue weighted by Crippen LogP contribution is 2.45. The fourth-order valence-corrected chi connectivity index (χ4v) is 3.50. The number of carbonyl (C=O) groups is 2. The maximum atomic E-state index is 13.8. The van der Waals surface area contributed by atoms with Crippen molar-refractivity contribution < 1.29 is 27.9 Å². The van der Waals surface area contributed by atoms with Crippen LogP contribution in [0.1, 0.15) is 22.0 Å². The van der Waals surface area contributed by atoms with E-state index in [4.69, 9.17) is 23.2 Å². The van der Waals surface area contributed by atoms with Gasteiger partial charge >= 0.3 is 12.2 Å². The predicted octanol–water partition coefficient (Wildman–Crippen LogP) is 4.10. The monoisotopic (exact) mass is 432 g/mol. The summed E-state index contributed by atoms with van der Waals surface area (Å²) < 4.78 is 41.3. The molecule has 1 aliphatic heterocycles. The van der Waals surface area contributed by atoms with Gasteiger partial charge in [0.05, 0.1) is 6.04 Å². The Hall–Kier alpha value is -2.29. The zero-order chi connectivity index (χ0) is 20.7. The average molecular weight is 433 g/mol. The van der Waals surface area contributed by atoms with Crippen molar-refractivity contribution in [1.82, 2.24) is 10.6 Å². The molecule has 2 amide bonds. The van der Waals surface area contributed by atoms with E-state index in [1.54, 1.807) is 6.07 Å². The fraction of sp³-hybridized carbons (Fsp3) is 0.222. The van der Waals surface area contributed by atoms with Gasteiger partial charge in [0.2, 0.25) is 5.72 Å². The molecule has 0 saturated carbocycles. The van der Waals surface area contributed by atoms with Crippen molar-refractivity contribution in [1.29, 1.82) is 0 Å². The van der Waals surface area contributed by atoms with Crippen LogP contribution in [0.4, 0.5) is 18.0 Å². The van der Waals surface area contributed by atoms with Crippen LogP contribution in [0.25, 0.3) is 0 Å². The maximum absolute atomic E-state index is 13.8. The minimum Gasteiger partial charge on any atom is -0.363 e. The van der Waals surface area contributed by atoms with E-state index in [9.17, 15) is 27.9 Å². The summed E-state index contributed by atoms with van der Waals surface area (Å²) in [6, 6.07) is 8.14. The predicted molar refractivity (Wildman–Crippen MR) is 96.1 cm³/mol. The fourth-order valence-electron chi connectivity index (χ4n) is 3.12. The summed E-state index contributed by atoms with van der Waals surface area (Å²) in [5.74, 6) is -3.19. The van der Waals surface area contributed by atoms with Gasteiger partial charge in [0.15, 0.2) is 5.78 Å². The van der Waals surface area contributed by atoms with Gasteiger partial charge < -0.3 is 15.7 Å². The first kappa shape index (κ1) is 20.4. The van der Waals surface area contributed by atoms with E-state index in [0.717, 1.165) is 0 Å². The highest BCUT2D eigenvalue weighted by Gasteiger charge is 2.66. The van der Waals surface area contributed by atoms with Gasteiger partial charge in [-0.2, -0.15) is 13.2 Å². The smallest absolute Gasteiger partial charge is 0.363 e. The van der Waals surface area contributed by atoms with E-state index in [1.165, 1.54) is 47.8 Å². The summed E-state index contributed by atoms with van der Waals surface area (Å²) in [7, 11) is 0. The van der Waals surface area contributed by atoms with Crippen molar-refractivity contribution in [3.05, 3.63) is 69.7 Å². The topological polar surface area (TPSA) is 78.4 Å². The third kappa shape index (κ3) is 3.55. The molecule has 0 radical (unpaired) electrons. The number of hydrogen-bond donors (Lipinski definition) is 3. The third-order valence-electron chi connectivity index (χ3n) is 4.46. The van der Waals surface area contributed by atoms with Gasteiger partial charge in [-0.3, -0.25) is 4.79 Å². The lowest BCUT2D eigenvalue weighted by atomic mass is 9.77. The molecule has 0 aliphatic carbocycles. The van der Waals surface area contributed by atoms with E-state index >= 15 is 0 Å². The van der Waals surface area contributed by atoms with Crippen LogP contribution in [-0.2, 0) is 0 Å². The Bertz CT molecular complexity index is 921. The van der Waals surface area contributed by atoms with Gasteiger partial charge in [-0.1, -0.05) is 41.4 Å². The lowest BCUT2D eigenvalue weighted by Crippen LogP contribution is -2.72. The zero-order valence-corrected chi connectivity index (χ0v) is 15.4. The van der Waals surface area contributed by atoms with Gasteiger partial charge in [0, 0.05) is 15.6 Å². The van der Waals surface area contributed by atoms with Gasteiger partial charge in [0.25, 0.3) is 0 Å². The zero-order valence-electron chi connectivity index (χ0n) is 13.9. The summed E-state index contributed by atoms with van der Waals surface area (Å²) in [5.41, 5.74) is -3.86. The second kappa shape index (κ2) is 7.27. The Morgan fingerprint density at radius 3 is 2.25 bits per heavy atom. The maximum Gasteiger partial charge on any atom is 0.437 e. The first-order valence-electron chi connectivity index (χ1n) is 7.96. The molecule has 1 fully saturated rings. The number of halogens is 5. The van der Waals surface area contributed by atoms with Crippen LogP contribution in [0.5, 0.6) is 0 Å². The molecule has 28 heavy (non-hydrogen) atoms.